The summed E-state index contributed by atoms with van der Waals surface area (Å²) < 4.78 is 30.5. The fourth-order valence-corrected chi connectivity index (χ4v) is 8.58. The van der Waals surface area contributed by atoms with Crippen molar-refractivity contribution >= 4 is 24.1 Å². The van der Waals surface area contributed by atoms with Crippen LogP contribution in [-0.4, -0.2) is 111 Å². The van der Waals surface area contributed by atoms with Gasteiger partial charge in [0.25, 0.3) is 0 Å². The predicted molar refractivity (Wildman–Crippen MR) is 228 cm³/mol. The van der Waals surface area contributed by atoms with Gasteiger partial charge in [0.15, 0.2) is 8.32 Å². The standard InChI is InChI=1S/C19H31NO2Si.C14H21NO2.C9H19NO3S.CH4/c1-19(2,3)23(4,5)22-15-17-14-20(12-11-18(17)21)13-16-9-7-6-8-10-16;1-14(17)7-8-15(10-13(14)11-16)9-12-5-3-2-4-6-12;1-9(11)6-4-3-5-8(9)7-10-14(2,12)13;/h6-10,17H,11-15H2,1-5H3;2-6,13,16-17H,7-11H2,1H3;8,10-11H,3-7H2,1-2H3;1H4. The smallest absolute Gasteiger partial charge is 0.208 e. The van der Waals surface area contributed by atoms with E-state index in [1.165, 1.54) is 11.1 Å². The zero-order valence-corrected chi connectivity index (χ0v) is 36.2. The molecule has 0 aromatic heterocycles. The van der Waals surface area contributed by atoms with E-state index in [9.17, 15) is 28.5 Å². The Morgan fingerprint density at radius 3 is 1.87 bits per heavy atom. The van der Waals surface area contributed by atoms with E-state index >= 15 is 0 Å². The van der Waals surface area contributed by atoms with Crippen LogP contribution in [0.2, 0.25) is 18.1 Å². The number of aliphatic hydroxyl groups excluding tert-OH is 1. The normalized spacial score (nSPS) is 26.8. The van der Waals surface area contributed by atoms with Gasteiger partial charge in [-0.3, -0.25) is 14.6 Å². The lowest BCUT2D eigenvalue weighted by molar-refractivity contribution is -0.127. The lowest BCUT2D eigenvalue weighted by Crippen LogP contribution is -2.51. The van der Waals surface area contributed by atoms with Crippen LogP contribution in [0.1, 0.15) is 91.7 Å². The number of piperidine rings is 2. The Kier molecular flexibility index (Phi) is 19.4. The molecule has 314 valence electrons. The number of likely N-dealkylation sites (tertiary alicyclic amines) is 2. The van der Waals surface area contributed by atoms with E-state index in [4.69, 9.17) is 4.43 Å². The van der Waals surface area contributed by atoms with Gasteiger partial charge >= 0.3 is 0 Å². The third-order valence-electron chi connectivity index (χ3n) is 12.0. The molecule has 3 aliphatic rings. The highest BCUT2D eigenvalue weighted by atomic mass is 32.2. The fourth-order valence-electron chi connectivity index (χ4n) is 7.02. The molecule has 2 aliphatic heterocycles. The molecular weight excluding hydrogens is 731 g/mol. The zero-order chi connectivity index (χ0) is 40.2. The number of carbonyl (C=O) groups is 1. The average molecular weight is 806 g/mol. The highest BCUT2D eigenvalue weighted by Crippen LogP contribution is 2.37. The fraction of sp³-hybridized carbons (Fsp3) is 0.698. The number of nitrogens with zero attached hydrogens (tertiary/aromatic N) is 2. The Bertz CT molecular complexity index is 1520. The monoisotopic (exact) mass is 806 g/mol. The van der Waals surface area contributed by atoms with Crippen LogP contribution in [0.25, 0.3) is 0 Å². The number of carbonyl (C=O) groups excluding carboxylic acids is 1. The summed E-state index contributed by atoms with van der Waals surface area (Å²) in [4.78, 5) is 17.0. The van der Waals surface area contributed by atoms with Gasteiger partial charge < -0.3 is 19.7 Å². The van der Waals surface area contributed by atoms with Gasteiger partial charge in [-0.05, 0) is 62.4 Å². The van der Waals surface area contributed by atoms with Gasteiger partial charge in [-0.2, -0.15) is 0 Å². The molecule has 2 saturated heterocycles. The molecule has 3 fully saturated rings. The Morgan fingerprint density at radius 2 is 1.38 bits per heavy atom. The van der Waals surface area contributed by atoms with Crippen molar-refractivity contribution < 1.29 is 33.0 Å². The van der Waals surface area contributed by atoms with E-state index in [0.717, 1.165) is 77.6 Å². The molecule has 0 bridgehead atoms. The van der Waals surface area contributed by atoms with Crippen LogP contribution in [0.3, 0.4) is 0 Å². The van der Waals surface area contributed by atoms with Crippen LogP contribution < -0.4 is 4.72 Å². The lowest BCUT2D eigenvalue weighted by Gasteiger charge is -2.42. The third-order valence-corrected chi connectivity index (χ3v) is 17.2. The molecule has 55 heavy (non-hydrogen) atoms. The van der Waals surface area contributed by atoms with Gasteiger partial charge in [0, 0.05) is 77.3 Å². The molecule has 5 unspecified atom stereocenters. The second-order valence-corrected chi connectivity index (χ2v) is 24.5. The summed E-state index contributed by atoms with van der Waals surface area (Å²) in [6.45, 7) is 21.0. The SMILES string of the molecule is C.CC(C)(C)[Si](C)(C)OCC1CN(Cc2ccccc2)CCC1=O.CC1(O)CCCCC1CNS(C)(=O)=O.CC1(O)CCN(Cc2ccccc2)CC1CO. The maximum Gasteiger partial charge on any atom is 0.208 e. The number of hydrogen-bond donors (Lipinski definition) is 4. The minimum atomic E-state index is -3.13. The van der Waals surface area contributed by atoms with Crippen molar-refractivity contribution in [1.82, 2.24) is 14.5 Å². The van der Waals surface area contributed by atoms with E-state index in [2.05, 4.69) is 84.8 Å². The minimum Gasteiger partial charge on any atom is -0.416 e. The highest BCUT2D eigenvalue weighted by Gasteiger charge is 2.39. The summed E-state index contributed by atoms with van der Waals surface area (Å²) >= 11 is 0. The molecule has 2 aromatic carbocycles. The zero-order valence-electron chi connectivity index (χ0n) is 34.4. The quantitative estimate of drug-likeness (QED) is 0.189. The first kappa shape index (κ1) is 49.1. The molecule has 10 nitrogen and oxygen atoms in total. The molecule has 1 aliphatic carbocycles. The largest absolute Gasteiger partial charge is 0.416 e. The number of aliphatic hydroxyl groups is 3. The van der Waals surface area contributed by atoms with Crippen LogP contribution in [0, 0.1) is 17.8 Å². The first-order chi connectivity index (χ1) is 25.1. The van der Waals surface area contributed by atoms with Gasteiger partial charge in [0.05, 0.1) is 23.4 Å². The second-order valence-electron chi connectivity index (χ2n) is 17.8. The first-order valence-electron chi connectivity index (χ1n) is 19.8. The Labute approximate surface area is 335 Å². The highest BCUT2D eigenvalue weighted by molar-refractivity contribution is 7.88. The summed E-state index contributed by atoms with van der Waals surface area (Å²) in [5, 5.41) is 29.6. The summed E-state index contributed by atoms with van der Waals surface area (Å²) in [5.74, 6) is 0.403. The average Bonchev–Trinajstić information content (AvgIpc) is 3.09. The van der Waals surface area contributed by atoms with Crippen molar-refractivity contribution in [2.24, 2.45) is 17.8 Å². The molecule has 0 spiro atoms. The molecule has 2 aromatic rings. The van der Waals surface area contributed by atoms with Crippen molar-refractivity contribution in [2.75, 3.05) is 52.2 Å². The van der Waals surface area contributed by atoms with Crippen LogP contribution in [0.4, 0.5) is 0 Å². The Morgan fingerprint density at radius 1 is 0.855 bits per heavy atom. The number of nitrogens with one attached hydrogen (secondary N) is 1. The summed E-state index contributed by atoms with van der Waals surface area (Å²) in [7, 11) is -4.92. The topological polar surface area (TPSA) is 140 Å². The van der Waals surface area contributed by atoms with Crippen molar-refractivity contribution in [3.63, 3.8) is 0 Å². The molecule has 5 atom stereocenters. The summed E-state index contributed by atoms with van der Waals surface area (Å²) in [6.07, 6.45) is 6.29. The van der Waals surface area contributed by atoms with Gasteiger partial charge in [0.2, 0.25) is 10.0 Å². The molecule has 1 saturated carbocycles. The molecular formula is C43H75N3O7SSi. The summed E-state index contributed by atoms with van der Waals surface area (Å²) in [6, 6.07) is 20.8. The van der Waals surface area contributed by atoms with Crippen LogP contribution in [0.5, 0.6) is 0 Å². The number of benzene rings is 2. The minimum absolute atomic E-state index is 0. The van der Waals surface area contributed by atoms with Crippen molar-refractivity contribution in [3.8, 4) is 0 Å². The number of rotatable bonds is 11. The first-order valence-corrected chi connectivity index (χ1v) is 24.6. The maximum absolute atomic E-state index is 12.3. The van der Waals surface area contributed by atoms with E-state index < -0.39 is 29.5 Å². The van der Waals surface area contributed by atoms with Crippen molar-refractivity contribution in [2.45, 2.75) is 123 Å². The van der Waals surface area contributed by atoms with E-state index in [0.29, 0.717) is 25.4 Å². The second kappa shape index (κ2) is 21.7. The van der Waals surface area contributed by atoms with E-state index in [1.54, 1.807) is 6.92 Å². The van der Waals surface area contributed by atoms with Crippen LogP contribution >= 0.6 is 0 Å². The molecule has 12 heteroatoms. The maximum atomic E-state index is 12.3. The number of sulfonamides is 1. The summed E-state index contributed by atoms with van der Waals surface area (Å²) in [5.41, 5.74) is 1.16. The Balaban J connectivity index is 0.000000292. The van der Waals surface area contributed by atoms with Crippen molar-refractivity contribution in [1.29, 1.82) is 0 Å². The van der Waals surface area contributed by atoms with E-state index in [-0.39, 0.29) is 36.8 Å². The van der Waals surface area contributed by atoms with Gasteiger partial charge in [-0.15, -0.1) is 0 Å². The number of Topliss-reactive ketones (excluding diaryl/α,β-unsaturated/α-hetero) is 1. The van der Waals surface area contributed by atoms with Crippen LogP contribution in [0.15, 0.2) is 60.7 Å². The molecule has 0 amide bonds. The lowest BCUT2D eigenvalue weighted by atomic mass is 9.77. The van der Waals surface area contributed by atoms with E-state index in [1.807, 2.05) is 31.2 Å². The molecule has 2 heterocycles. The Hall–Kier alpha value is -2.00. The molecule has 0 radical (unpaired) electrons. The van der Waals surface area contributed by atoms with Gasteiger partial charge in [-0.1, -0.05) is 102 Å². The third kappa shape index (κ3) is 16.8. The van der Waals surface area contributed by atoms with Crippen LogP contribution in [-0.2, 0) is 32.3 Å². The number of hydrogen-bond acceptors (Lipinski definition) is 9. The predicted octanol–water partition coefficient (Wildman–Crippen LogP) is 6.46. The van der Waals surface area contributed by atoms with Crippen molar-refractivity contribution in [3.05, 3.63) is 71.8 Å². The van der Waals surface area contributed by atoms with Gasteiger partial charge in [-0.25, -0.2) is 13.1 Å². The van der Waals surface area contributed by atoms with Gasteiger partial charge in [0.1, 0.15) is 5.78 Å². The molecule has 4 N–H and O–H groups in total. The number of ketones is 1. The molecule has 5 rings (SSSR count).